The molecule has 0 aromatic carbocycles. The van der Waals surface area contributed by atoms with Crippen LogP contribution in [-0.2, 0) is 0 Å². The fourth-order valence-corrected chi connectivity index (χ4v) is 2.88. The number of carbonyl (C=O) groups is 1. The highest BCUT2D eigenvalue weighted by molar-refractivity contribution is 6.36. The topological polar surface area (TPSA) is 94.1 Å². The zero-order valence-electron chi connectivity index (χ0n) is 11.2. The summed E-state index contributed by atoms with van der Waals surface area (Å²) in [6.45, 7) is 0.182. The molecule has 118 valence electrons. The van der Waals surface area contributed by atoms with E-state index in [0.29, 0.717) is 16.1 Å². The molecule has 0 aliphatic carbocycles. The Labute approximate surface area is 134 Å². The Bertz CT molecular complexity index is 725. The van der Waals surface area contributed by atoms with Crippen molar-refractivity contribution in [3.05, 3.63) is 16.5 Å². The smallest absolute Gasteiger partial charge is 0.407 e. The predicted molar refractivity (Wildman–Crippen MR) is 80.4 cm³/mol. The number of aromatic amines is 1. The first-order valence-corrected chi connectivity index (χ1v) is 7.30. The first-order chi connectivity index (χ1) is 10.5. The minimum atomic E-state index is -1.20. The zero-order valence-corrected chi connectivity index (χ0v) is 12.7. The van der Waals surface area contributed by atoms with E-state index in [2.05, 4.69) is 20.3 Å². The monoisotopic (exact) mass is 347 g/mol. The Balaban J connectivity index is 1.91. The fraction of sp³-hybridized carbons (Fsp3) is 0.417. The second kappa shape index (κ2) is 5.77. The molecule has 3 rings (SSSR count). The molecule has 3 N–H and O–H groups in total. The molecule has 2 aromatic rings. The van der Waals surface area contributed by atoms with Gasteiger partial charge in [0.1, 0.15) is 17.6 Å². The van der Waals surface area contributed by atoms with Gasteiger partial charge >= 0.3 is 6.09 Å². The average Bonchev–Trinajstić information content (AvgIpc) is 2.82. The van der Waals surface area contributed by atoms with Gasteiger partial charge in [0, 0.05) is 19.3 Å². The lowest BCUT2D eigenvalue weighted by atomic mass is 10.0. The number of nitrogens with one attached hydrogen (secondary N) is 2. The molecule has 0 spiro atoms. The van der Waals surface area contributed by atoms with Crippen LogP contribution in [0.1, 0.15) is 6.42 Å². The SMILES string of the molecule is O=C(O)N1CC[C@@H](F)[C@@H](Nc2nc(Cl)nc3[nH]cc(Cl)c23)C1. The molecule has 2 aromatic heterocycles. The lowest BCUT2D eigenvalue weighted by Gasteiger charge is -2.34. The van der Waals surface area contributed by atoms with Gasteiger partial charge in [0.25, 0.3) is 0 Å². The van der Waals surface area contributed by atoms with Crippen LogP contribution in [0.15, 0.2) is 6.20 Å². The number of carboxylic acid groups (broad SMARTS) is 1. The minimum absolute atomic E-state index is 0.0155. The third-order valence-corrected chi connectivity index (χ3v) is 4.04. The molecule has 1 amide bonds. The van der Waals surface area contributed by atoms with Gasteiger partial charge in [-0.05, 0) is 18.0 Å². The highest BCUT2D eigenvalue weighted by Crippen LogP contribution is 2.30. The van der Waals surface area contributed by atoms with Crippen LogP contribution in [0.25, 0.3) is 11.0 Å². The van der Waals surface area contributed by atoms with E-state index in [1.807, 2.05) is 0 Å². The maximum Gasteiger partial charge on any atom is 0.407 e. The van der Waals surface area contributed by atoms with Crippen molar-refractivity contribution in [3.8, 4) is 0 Å². The lowest BCUT2D eigenvalue weighted by molar-refractivity contribution is 0.108. The molecule has 1 aliphatic rings. The van der Waals surface area contributed by atoms with Crippen LogP contribution in [0, 0.1) is 0 Å². The number of H-pyrrole nitrogens is 1. The highest BCUT2D eigenvalue weighted by atomic mass is 35.5. The number of fused-ring (bicyclic) bond motifs is 1. The van der Waals surface area contributed by atoms with Crippen LogP contribution in [-0.4, -0.2) is 56.4 Å². The van der Waals surface area contributed by atoms with Crippen molar-refractivity contribution in [2.75, 3.05) is 18.4 Å². The van der Waals surface area contributed by atoms with Gasteiger partial charge in [-0.15, -0.1) is 0 Å². The van der Waals surface area contributed by atoms with E-state index in [9.17, 15) is 9.18 Å². The summed E-state index contributed by atoms with van der Waals surface area (Å²) in [6.07, 6.45) is -0.631. The molecule has 1 saturated heterocycles. The number of likely N-dealkylation sites (tertiary alicyclic amines) is 1. The maximum atomic E-state index is 14.1. The number of piperidine rings is 1. The van der Waals surface area contributed by atoms with Gasteiger partial charge in [-0.25, -0.2) is 9.18 Å². The normalized spacial score (nSPS) is 22.0. The van der Waals surface area contributed by atoms with Crippen molar-refractivity contribution >= 4 is 46.1 Å². The standard InChI is InChI=1S/C12H12Cl2FN5O2/c13-5-3-16-9-8(5)10(19-11(14)18-9)17-7-4-20(12(21)22)2-1-6(7)15/h3,6-7H,1-2,4H2,(H,21,22)(H2,16,17,18,19)/t6-,7+/m1/s1. The molecule has 1 fully saturated rings. The van der Waals surface area contributed by atoms with E-state index in [0.717, 1.165) is 4.90 Å². The molecule has 3 heterocycles. The predicted octanol–water partition coefficient (Wildman–Crippen LogP) is 2.77. The number of hydrogen-bond acceptors (Lipinski definition) is 4. The van der Waals surface area contributed by atoms with Gasteiger partial charge < -0.3 is 20.3 Å². The summed E-state index contributed by atoms with van der Waals surface area (Å²) in [5, 5.41) is 12.8. The first-order valence-electron chi connectivity index (χ1n) is 6.54. The molecule has 2 atom stereocenters. The number of nitrogens with zero attached hydrogens (tertiary/aromatic N) is 3. The van der Waals surface area contributed by atoms with Crippen LogP contribution in [0.5, 0.6) is 0 Å². The Kier molecular flexibility index (Phi) is 3.96. The van der Waals surface area contributed by atoms with Crippen molar-refractivity contribution in [1.29, 1.82) is 0 Å². The largest absolute Gasteiger partial charge is 0.465 e. The van der Waals surface area contributed by atoms with E-state index in [1.165, 1.54) is 6.20 Å². The molecule has 22 heavy (non-hydrogen) atoms. The van der Waals surface area contributed by atoms with Crippen molar-refractivity contribution < 1.29 is 14.3 Å². The van der Waals surface area contributed by atoms with Gasteiger partial charge in [-0.2, -0.15) is 9.97 Å². The van der Waals surface area contributed by atoms with Gasteiger partial charge in [0.15, 0.2) is 0 Å². The molecule has 10 heteroatoms. The van der Waals surface area contributed by atoms with Crippen molar-refractivity contribution in [2.24, 2.45) is 0 Å². The highest BCUT2D eigenvalue weighted by Gasteiger charge is 2.32. The van der Waals surface area contributed by atoms with E-state index in [-0.39, 0.29) is 30.6 Å². The van der Waals surface area contributed by atoms with E-state index < -0.39 is 18.3 Å². The van der Waals surface area contributed by atoms with Crippen LogP contribution in [0.3, 0.4) is 0 Å². The second-order valence-electron chi connectivity index (χ2n) is 4.99. The number of anilines is 1. The summed E-state index contributed by atoms with van der Waals surface area (Å²) < 4.78 is 14.1. The van der Waals surface area contributed by atoms with Crippen LogP contribution >= 0.6 is 23.2 Å². The summed E-state index contributed by atoms with van der Waals surface area (Å²) in [6, 6.07) is -0.731. The quantitative estimate of drug-likeness (QED) is 0.726. The molecular weight excluding hydrogens is 336 g/mol. The summed E-state index contributed by atoms with van der Waals surface area (Å²) >= 11 is 11.9. The Morgan fingerprint density at radius 1 is 1.50 bits per heavy atom. The van der Waals surface area contributed by atoms with E-state index in [1.54, 1.807) is 0 Å². The minimum Gasteiger partial charge on any atom is -0.465 e. The van der Waals surface area contributed by atoms with Gasteiger partial charge in [0.2, 0.25) is 5.28 Å². The van der Waals surface area contributed by atoms with Gasteiger partial charge in [-0.1, -0.05) is 11.6 Å². The molecule has 1 aliphatic heterocycles. The fourth-order valence-electron chi connectivity index (χ4n) is 2.48. The van der Waals surface area contributed by atoms with Crippen molar-refractivity contribution in [2.45, 2.75) is 18.6 Å². The third-order valence-electron chi connectivity index (χ3n) is 3.58. The van der Waals surface area contributed by atoms with Crippen molar-refractivity contribution in [3.63, 3.8) is 0 Å². The first kappa shape index (κ1) is 15.1. The number of alkyl halides is 1. The molecule has 0 saturated carbocycles. The number of amides is 1. The molecule has 0 radical (unpaired) electrons. The molecule has 0 bridgehead atoms. The van der Waals surface area contributed by atoms with Gasteiger partial charge in [0.05, 0.1) is 16.5 Å². The third kappa shape index (κ3) is 2.76. The van der Waals surface area contributed by atoms with E-state index >= 15 is 0 Å². The number of aromatic nitrogens is 3. The van der Waals surface area contributed by atoms with Crippen molar-refractivity contribution in [1.82, 2.24) is 19.9 Å². The van der Waals surface area contributed by atoms with Crippen LogP contribution in [0.2, 0.25) is 10.3 Å². The zero-order chi connectivity index (χ0) is 15.9. The number of rotatable bonds is 2. The van der Waals surface area contributed by atoms with Gasteiger partial charge in [-0.3, -0.25) is 0 Å². The number of halogens is 3. The number of hydrogen-bond donors (Lipinski definition) is 3. The second-order valence-corrected chi connectivity index (χ2v) is 5.73. The maximum absolute atomic E-state index is 14.1. The Morgan fingerprint density at radius 3 is 3.00 bits per heavy atom. The molecule has 7 nitrogen and oxygen atoms in total. The molecular formula is C12H12Cl2FN5O2. The van der Waals surface area contributed by atoms with Crippen LogP contribution in [0.4, 0.5) is 15.0 Å². The summed E-state index contributed by atoms with van der Waals surface area (Å²) in [5.74, 6) is 0.279. The summed E-state index contributed by atoms with van der Waals surface area (Å²) in [5.41, 5.74) is 0.425. The average molecular weight is 348 g/mol. The molecule has 0 unspecified atom stereocenters. The van der Waals surface area contributed by atoms with E-state index in [4.69, 9.17) is 28.3 Å². The summed E-state index contributed by atoms with van der Waals surface area (Å²) in [4.78, 5) is 23.1. The van der Waals surface area contributed by atoms with Crippen LogP contribution < -0.4 is 5.32 Å². The summed E-state index contributed by atoms with van der Waals surface area (Å²) in [7, 11) is 0. The Hall–Kier alpha value is -1.80. The lowest BCUT2D eigenvalue weighted by Crippen LogP contribution is -2.50. The Morgan fingerprint density at radius 2 is 2.27 bits per heavy atom.